The van der Waals surface area contributed by atoms with Gasteiger partial charge in [0.05, 0.1) is 0 Å². The molecule has 0 aromatic heterocycles. The highest BCUT2D eigenvalue weighted by Crippen LogP contribution is 2.25. The third-order valence-corrected chi connectivity index (χ3v) is 3.10. The highest BCUT2D eigenvalue weighted by molar-refractivity contribution is 5.72. The molecule has 1 saturated carbocycles. The zero-order valence-electron chi connectivity index (χ0n) is 8.96. The summed E-state index contributed by atoms with van der Waals surface area (Å²) < 4.78 is 0. The molecule has 0 saturated heterocycles. The lowest BCUT2D eigenvalue weighted by molar-refractivity contribution is -0.139. The lowest BCUT2D eigenvalue weighted by Crippen LogP contribution is -2.35. The molecule has 1 rings (SSSR count). The van der Waals surface area contributed by atoms with Gasteiger partial charge in [-0.25, -0.2) is 0 Å². The molecule has 0 aromatic rings. The van der Waals surface area contributed by atoms with Crippen LogP contribution in [-0.4, -0.2) is 23.7 Å². The largest absolute Gasteiger partial charge is 0.480 e. The summed E-state index contributed by atoms with van der Waals surface area (Å²) in [7, 11) is 0. The summed E-state index contributed by atoms with van der Waals surface area (Å²) in [5.74, 6) is 0.0749. The predicted molar refractivity (Wildman–Crippen MR) is 56.3 cm³/mol. The van der Waals surface area contributed by atoms with Crippen LogP contribution in [0.15, 0.2) is 0 Å². The fourth-order valence-corrected chi connectivity index (χ4v) is 2.07. The highest BCUT2D eigenvalue weighted by Gasteiger charge is 2.14. The van der Waals surface area contributed by atoms with Crippen LogP contribution in [0.5, 0.6) is 0 Å². The van der Waals surface area contributed by atoms with Gasteiger partial charge >= 0.3 is 5.97 Å². The molecule has 14 heavy (non-hydrogen) atoms. The fraction of sp³-hybridized carbons (Fsp3) is 0.909. The Morgan fingerprint density at radius 2 is 2.07 bits per heavy atom. The molecule has 1 fully saturated rings. The fourth-order valence-electron chi connectivity index (χ4n) is 2.07. The van der Waals surface area contributed by atoms with Gasteiger partial charge in [-0.2, -0.15) is 0 Å². The third kappa shape index (κ3) is 4.09. The van der Waals surface area contributed by atoms with Crippen molar-refractivity contribution in [2.75, 3.05) is 6.54 Å². The molecule has 1 aliphatic rings. The van der Waals surface area contributed by atoms with Crippen LogP contribution in [0.25, 0.3) is 0 Å². The molecule has 0 heterocycles. The molecule has 1 atom stereocenters. The number of hydrogen-bond donors (Lipinski definition) is 2. The van der Waals surface area contributed by atoms with Crippen molar-refractivity contribution in [1.82, 2.24) is 5.32 Å². The number of rotatable bonds is 5. The second kappa shape index (κ2) is 6.02. The van der Waals surface area contributed by atoms with E-state index in [9.17, 15) is 4.79 Å². The molecular weight excluding hydrogens is 178 g/mol. The van der Waals surface area contributed by atoms with Gasteiger partial charge in [0.1, 0.15) is 6.04 Å². The van der Waals surface area contributed by atoms with Crippen molar-refractivity contribution < 1.29 is 9.90 Å². The Hall–Kier alpha value is -0.570. The van der Waals surface area contributed by atoms with Crippen molar-refractivity contribution in [2.45, 2.75) is 51.5 Å². The van der Waals surface area contributed by atoms with Crippen LogP contribution in [0.2, 0.25) is 0 Å². The van der Waals surface area contributed by atoms with Crippen LogP contribution in [0.4, 0.5) is 0 Å². The molecule has 3 nitrogen and oxygen atoms in total. The van der Waals surface area contributed by atoms with Crippen LogP contribution in [0, 0.1) is 5.92 Å². The summed E-state index contributed by atoms with van der Waals surface area (Å²) in [6.07, 6.45) is 7.91. The van der Waals surface area contributed by atoms with E-state index in [0.29, 0.717) is 0 Å². The third-order valence-electron chi connectivity index (χ3n) is 3.10. The van der Waals surface area contributed by atoms with E-state index in [1.165, 1.54) is 32.1 Å². The second-order valence-corrected chi connectivity index (χ2v) is 4.31. The van der Waals surface area contributed by atoms with Crippen LogP contribution in [0.3, 0.4) is 0 Å². The summed E-state index contributed by atoms with van der Waals surface area (Å²) >= 11 is 0. The molecule has 82 valence electrons. The van der Waals surface area contributed by atoms with Crippen molar-refractivity contribution in [2.24, 2.45) is 5.92 Å². The molecule has 0 aromatic carbocycles. The van der Waals surface area contributed by atoms with Crippen LogP contribution in [0.1, 0.15) is 45.4 Å². The van der Waals surface area contributed by atoms with E-state index in [1.54, 1.807) is 6.92 Å². The minimum absolute atomic E-state index is 0.404. The molecule has 0 radical (unpaired) electrons. The first kappa shape index (κ1) is 11.5. The van der Waals surface area contributed by atoms with Gasteiger partial charge in [-0.15, -0.1) is 0 Å². The highest BCUT2D eigenvalue weighted by atomic mass is 16.4. The summed E-state index contributed by atoms with van der Waals surface area (Å²) in [6.45, 7) is 2.54. The molecule has 2 N–H and O–H groups in total. The Morgan fingerprint density at radius 1 is 1.43 bits per heavy atom. The Labute approximate surface area is 85.9 Å². The van der Waals surface area contributed by atoms with E-state index < -0.39 is 12.0 Å². The standard InChI is InChI=1S/C11H21NO2/c1-9(11(13)14)12-8-7-10-5-3-2-4-6-10/h9-10,12H,2-8H2,1H3,(H,13,14). The van der Waals surface area contributed by atoms with Crippen LogP contribution >= 0.6 is 0 Å². The number of nitrogens with one attached hydrogen (secondary N) is 1. The number of carboxylic acid groups (broad SMARTS) is 1. The van der Waals surface area contributed by atoms with Gasteiger partial charge in [-0.1, -0.05) is 32.1 Å². The number of hydrogen-bond acceptors (Lipinski definition) is 2. The Bertz CT molecular complexity index is 176. The zero-order valence-corrected chi connectivity index (χ0v) is 8.96. The first-order valence-electron chi connectivity index (χ1n) is 5.66. The van der Waals surface area contributed by atoms with Crippen molar-refractivity contribution in [3.63, 3.8) is 0 Å². The number of carbonyl (C=O) groups is 1. The molecule has 1 aliphatic carbocycles. The maximum Gasteiger partial charge on any atom is 0.320 e. The Morgan fingerprint density at radius 3 is 2.64 bits per heavy atom. The van der Waals surface area contributed by atoms with E-state index in [2.05, 4.69) is 5.32 Å². The maximum atomic E-state index is 10.5. The summed E-state index contributed by atoms with van der Waals surface area (Å²) in [6, 6.07) is -0.404. The lowest BCUT2D eigenvalue weighted by atomic mass is 9.87. The average molecular weight is 199 g/mol. The van der Waals surface area contributed by atoms with E-state index in [0.717, 1.165) is 18.9 Å². The summed E-state index contributed by atoms with van der Waals surface area (Å²) in [5, 5.41) is 11.7. The summed E-state index contributed by atoms with van der Waals surface area (Å²) in [5.41, 5.74) is 0. The minimum atomic E-state index is -0.756. The predicted octanol–water partition coefficient (Wildman–Crippen LogP) is 2.02. The molecular formula is C11H21NO2. The molecule has 0 bridgehead atoms. The van der Waals surface area contributed by atoms with Crippen molar-refractivity contribution >= 4 is 5.97 Å². The van der Waals surface area contributed by atoms with E-state index in [-0.39, 0.29) is 0 Å². The Balaban J connectivity index is 2.05. The van der Waals surface area contributed by atoms with Crippen molar-refractivity contribution in [3.8, 4) is 0 Å². The van der Waals surface area contributed by atoms with E-state index in [4.69, 9.17) is 5.11 Å². The monoisotopic (exact) mass is 199 g/mol. The zero-order chi connectivity index (χ0) is 10.4. The number of carboxylic acids is 1. The average Bonchev–Trinajstić information content (AvgIpc) is 2.19. The Kier molecular flexibility index (Phi) is 4.94. The van der Waals surface area contributed by atoms with Gasteiger partial charge in [0.2, 0.25) is 0 Å². The van der Waals surface area contributed by atoms with Gasteiger partial charge < -0.3 is 10.4 Å². The van der Waals surface area contributed by atoms with Gasteiger partial charge in [-0.3, -0.25) is 4.79 Å². The van der Waals surface area contributed by atoms with E-state index in [1.807, 2.05) is 0 Å². The van der Waals surface area contributed by atoms with Crippen molar-refractivity contribution in [1.29, 1.82) is 0 Å². The van der Waals surface area contributed by atoms with Crippen LogP contribution in [-0.2, 0) is 4.79 Å². The molecule has 0 amide bonds. The molecule has 3 heteroatoms. The van der Waals surface area contributed by atoms with Gasteiger partial charge in [0.15, 0.2) is 0 Å². The number of aliphatic carboxylic acids is 1. The smallest absolute Gasteiger partial charge is 0.320 e. The van der Waals surface area contributed by atoms with Gasteiger partial charge in [0.25, 0.3) is 0 Å². The van der Waals surface area contributed by atoms with Gasteiger partial charge in [0, 0.05) is 0 Å². The normalized spacial score (nSPS) is 20.6. The topological polar surface area (TPSA) is 49.3 Å². The minimum Gasteiger partial charge on any atom is -0.480 e. The SMILES string of the molecule is CC(NCCC1CCCCC1)C(=O)O. The summed E-state index contributed by atoms with van der Waals surface area (Å²) in [4.78, 5) is 10.5. The second-order valence-electron chi connectivity index (χ2n) is 4.31. The first-order valence-corrected chi connectivity index (χ1v) is 5.66. The van der Waals surface area contributed by atoms with Crippen molar-refractivity contribution in [3.05, 3.63) is 0 Å². The first-order chi connectivity index (χ1) is 6.70. The molecule has 0 aliphatic heterocycles. The maximum absolute atomic E-state index is 10.5. The molecule has 1 unspecified atom stereocenters. The quantitative estimate of drug-likeness (QED) is 0.712. The van der Waals surface area contributed by atoms with Gasteiger partial charge in [-0.05, 0) is 25.8 Å². The van der Waals surface area contributed by atoms with E-state index >= 15 is 0 Å². The van der Waals surface area contributed by atoms with Crippen LogP contribution < -0.4 is 5.32 Å². The molecule has 0 spiro atoms. The lowest BCUT2D eigenvalue weighted by Gasteiger charge is -2.21.